The van der Waals surface area contributed by atoms with Crippen molar-refractivity contribution in [2.75, 3.05) is 19.0 Å². The average Bonchev–Trinajstić information content (AvgIpc) is 2.39. The highest BCUT2D eigenvalue weighted by Crippen LogP contribution is 2.31. The number of amides is 1. The highest BCUT2D eigenvalue weighted by molar-refractivity contribution is 6.31. The van der Waals surface area contributed by atoms with Gasteiger partial charge in [0.05, 0.1) is 19.3 Å². The molecule has 0 aliphatic carbocycles. The Hall–Kier alpha value is -1.86. The monoisotopic (exact) mass is 280 g/mol. The Kier molecular flexibility index (Phi) is 5.53. The summed E-state index contributed by atoms with van der Waals surface area (Å²) in [7, 11) is 1.55. The van der Waals surface area contributed by atoms with E-state index in [0.29, 0.717) is 16.5 Å². The van der Waals surface area contributed by atoms with Gasteiger partial charge < -0.3 is 15.4 Å². The van der Waals surface area contributed by atoms with Crippen molar-refractivity contribution >= 4 is 23.2 Å². The molecule has 0 radical (unpaired) electrons. The van der Waals surface area contributed by atoms with Gasteiger partial charge in [-0.1, -0.05) is 17.5 Å². The summed E-state index contributed by atoms with van der Waals surface area (Å²) in [5.74, 6) is 2.77. The van der Waals surface area contributed by atoms with Crippen LogP contribution in [0.5, 0.6) is 5.75 Å². The van der Waals surface area contributed by atoms with Gasteiger partial charge in [-0.15, -0.1) is 6.42 Å². The fraction of sp³-hybridized carbons (Fsp3) is 0.357. The lowest BCUT2D eigenvalue weighted by atomic mass is 10.2. The SMILES string of the molecule is C#CCNC(=O)C(C)Nc1cc(C)c(Cl)cc1OC. The van der Waals surface area contributed by atoms with Crippen molar-refractivity contribution in [3.05, 3.63) is 22.7 Å². The zero-order valence-corrected chi connectivity index (χ0v) is 12.0. The summed E-state index contributed by atoms with van der Waals surface area (Å²) < 4.78 is 5.23. The topological polar surface area (TPSA) is 50.4 Å². The lowest BCUT2D eigenvalue weighted by molar-refractivity contribution is -0.121. The second-order valence-electron chi connectivity index (χ2n) is 4.09. The predicted molar refractivity (Wildman–Crippen MR) is 77.7 cm³/mol. The van der Waals surface area contributed by atoms with Crippen LogP contribution in [0.2, 0.25) is 5.02 Å². The van der Waals surface area contributed by atoms with E-state index in [9.17, 15) is 4.79 Å². The number of rotatable bonds is 5. The normalized spacial score (nSPS) is 11.3. The number of nitrogens with one attached hydrogen (secondary N) is 2. The van der Waals surface area contributed by atoms with Crippen molar-refractivity contribution in [3.8, 4) is 18.1 Å². The van der Waals surface area contributed by atoms with Crippen LogP contribution in [0.4, 0.5) is 5.69 Å². The number of methoxy groups -OCH3 is 1. The molecule has 5 heteroatoms. The molecule has 4 nitrogen and oxygen atoms in total. The fourth-order valence-electron chi connectivity index (χ4n) is 1.53. The van der Waals surface area contributed by atoms with Crippen LogP contribution in [0.25, 0.3) is 0 Å². The van der Waals surface area contributed by atoms with E-state index < -0.39 is 6.04 Å². The molecular formula is C14H17ClN2O2. The maximum absolute atomic E-state index is 11.7. The van der Waals surface area contributed by atoms with Crippen LogP contribution in [-0.2, 0) is 4.79 Å². The van der Waals surface area contributed by atoms with Crippen molar-refractivity contribution in [2.45, 2.75) is 19.9 Å². The molecule has 0 aromatic heterocycles. The predicted octanol–water partition coefficient (Wildman–Crippen LogP) is 2.21. The number of ether oxygens (including phenoxy) is 1. The van der Waals surface area contributed by atoms with Crippen molar-refractivity contribution in [1.82, 2.24) is 5.32 Å². The largest absolute Gasteiger partial charge is 0.495 e. The third-order valence-corrected chi connectivity index (χ3v) is 3.02. The molecule has 0 bridgehead atoms. The molecule has 0 fully saturated rings. The number of aryl methyl sites for hydroxylation is 1. The highest BCUT2D eigenvalue weighted by Gasteiger charge is 2.15. The number of carbonyl (C=O) groups is 1. The molecular weight excluding hydrogens is 264 g/mol. The van der Waals surface area contributed by atoms with Gasteiger partial charge in [-0.25, -0.2) is 0 Å². The molecule has 1 unspecified atom stereocenters. The van der Waals surface area contributed by atoms with Gasteiger partial charge in [0.1, 0.15) is 11.8 Å². The molecule has 0 saturated heterocycles. The summed E-state index contributed by atoms with van der Waals surface area (Å²) in [6.07, 6.45) is 5.09. The molecule has 0 spiro atoms. The van der Waals surface area contributed by atoms with Crippen LogP contribution >= 0.6 is 11.6 Å². The van der Waals surface area contributed by atoms with Crippen LogP contribution in [-0.4, -0.2) is 25.6 Å². The molecule has 2 N–H and O–H groups in total. The van der Waals surface area contributed by atoms with Crippen LogP contribution in [0.1, 0.15) is 12.5 Å². The van der Waals surface area contributed by atoms with Gasteiger partial charge in [-0.2, -0.15) is 0 Å². The van der Waals surface area contributed by atoms with Gasteiger partial charge in [0.15, 0.2) is 0 Å². The van der Waals surface area contributed by atoms with E-state index in [1.165, 1.54) is 0 Å². The standard InChI is InChI=1S/C14H17ClN2O2/c1-5-6-16-14(18)10(3)17-12-7-9(2)11(15)8-13(12)19-4/h1,7-8,10,17H,6H2,2-4H3,(H,16,18). The Morgan fingerprint density at radius 2 is 2.26 bits per heavy atom. The molecule has 0 heterocycles. The number of carbonyl (C=O) groups excluding carboxylic acids is 1. The van der Waals surface area contributed by atoms with E-state index >= 15 is 0 Å². The van der Waals surface area contributed by atoms with E-state index in [4.69, 9.17) is 22.8 Å². The molecule has 1 atom stereocenters. The van der Waals surface area contributed by atoms with Gasteiger partial charge in [-0.3, -0.25) is 4.79 Å². The van der Waals surface area contributed by atoms with Crippen LogP contribution in [0.15, 0.2) is 12.1 Å². The second kappa shape index (κ2) is 6.91. The number of halogens is 1. The minimum atomic E-state index is -0.428. The molecule has 102 valence electrons. The molecule has 1 amide bonds. The van der Waals surface area contributed by atoms with E-state index in [1.54, 1.807) is 20.1 Å². The summed E-state index contributed by atoms with van der Waals surface area (Å²) in [4.78, 5) is 11.7. The Morgan fingerprint density at radius 1 is 1.58 bits per heavy atom. The van der Waals surface area contributed by atoms with E-state index in [0.717, 1.165) is 5.56 Å². The molecule has 0 aliphatic rings. The lowest BCUT2D eigenvalue weighted by Gasteiger charge is -2.17. The molecule has 0 aliphatic heterocycles. The number of anilines is 1. The molecule has 0 saturated carbocycles. The minimum absolute atomic E-state index is 0.174. The Morgan fingerprint density at radius 3 is 2.84 bits per heavy atom. The zero-order valence-electron chi connectivity index (χ0n) is 11.2. The number of hydrogen-bond donors (Lipinski definition) is 2. The number of hydrogen-bond acceptors (Lipinski definition) is 3. The maximum atomic E-state index is 11.7. The summed E-state index contributed by atoms with van der Waals surface area (Å²) >= 11 is 6.02. The molecule has 19 heavy (non-hydrogen) atoms. The summed E-state index contributed by atoms with van der Waals surface area (Å²) in [6, 6.07) is 3.13. The fourth-order valence-corrected chi connectivity index (χ4v) is 1.69. The third-order valence-electron chi connectivity index (χ3n) is 2.61. The number of benzene rings is 1. The van der Waals surface area contributed by atoms with Crippen molar-refractivity contribution in [1.29, 1.82) is 0 Å². The van der Waals surface area contributed by atoms with Gasteiger partial charge >= 0.3 is 0 Å². The Balaban J connectivity index is 2.84. The van der Waals surface area contributed by atoms with Crippen LogP contribution in [0, 0.1) is 19.3 Å². The van der Waals surface area contributed by atoms with Gasteiger partial charge in [0.2, 0.25) is 5.91 Å². The molecule has 1 rings (SSSR count). The van der Waals surface area contributed by atoms with E-state index in [1.807, 2.05) is 13.0 Å². The minimum Gasteiger partial charge on any atom is -0.495 e. The van der Waals surface area contributed by atoms with E-state index in [-0.39, 0.29) is 12.5 Å². The smallest absolute Gasteiger partial charge is 0.242 e. The highest BCUT2D eigenvalue weighted by atomic mass is 35.5. The van der Waals surface area contributed by atoms with Crippen molar-refractivity contribution in [3.63, 3.8) is 0 Å². The van der Waals surface area contributed by atoms with Gasteiger partial charge in [0.25, 0.3) is 0 Å². The quantitative estimate of drug-likeness (QED) is 0.813. The maximum Gasteiger partial charge on any atom is 0.242 e. The Labute approximate surface area is 118 Å². The summed E-state index contributed by atoms with van der Waals surface area (Å²) in [5, 5.41) is 6.30. The first kappa shape index (κ1) is 15.2. The van der Waals surface area contributed by atoms with E-state index in [2.05, 4.69) is 16.6 Å². The third kappa shape index (κ3) is 4.08. The Bertz CT molecular complexity index is 509. The first-order valence-corrected chi connectivity index (χ1v) is 6.19. The first-order chi connectivity index (χ1) is 8.99. The summed E-state index contributed by atoms with van der Waals surface area (Å²) in [6.45, 7) is 3.84. The second-order valence-corrected chi connectivity index (χ2v) is 4.50. The van der Waals surface area contributed by atoms with Crippen molar-refractivity contribution < 1.29 is 9.53 Å². The van der Waals surface area contributed by atoms with Crippen LogP contribution in [0.3, 0.4) is 0 Å². The first-order valence-electron chi connectivity index (χ1n) is 5.81. The van der Waals surface area contributed by atoms with Crippen LogP contribution < -0.4 is 15.4 Å². The number of terminal acetylenes is 1. The molecule has 1 aromatic carbocycles. The average molecular weight is 281 g/mol. The zero-order chi connectivity index (χ0) is 14.4. The summed E-state index contributed by atoms with van der Waals surface area (Å²) in [5.41, 5.74) is 1.62. The van der Waals surface area contributed by atoms with Crippen molar-refractivity contribution in [2.24, 2.45) is 0 Å². The molecule has 1 aromatic rings. The van der Waals surface area contributed by atoms with Gasteiger partial charge in [-0.05, 0) is 25.5 Å². The lowest BCUT2D eigenvalue weighted by Crippen LogP contribution is -2.37. The van der Waals surface area contributed by atoms with Gasteiger partial charge in [0, 0.05) is 11.1 Å².